The third kappa shape index (κ3) is 3.15. The van der Waals surface area contributed by atoms with Crippen molar-refractivity contribution >= 4 is 17.4 Å². The zero-order chi connectivity index (χ0) is 15.5. The third-order valence-electron chi connectivity index (χ3n) is 4.22. The number of Topliss-reactive ketones (excluding diaryl/α,β-unsaturated/α-hetero) is 1. The summed E-state index contributed by atoms with van der Waals surface area (Å²) in [5.41, 5.74) is 0.903. The molecule has 1 aromatic heterocycles. The molecule has 0 aromatic carbocycles. The van der Waals surface area contributed by atoms with Gasteiger partial charge in [-0.05, 0) is 13.3 Å². The standard InChI is InChI=1S/C15H23ClN2O3/c1-4-11-14(16)12(18(5-2)17-11)10-13(19)15(20-3)6-8-21-9-7-15/h4-10H2,1-3H3. The molecule has 2 rings (SSSR count). The van der Waals surface area contributed by atoms with E-state index in [-0.39, 0.29) is 12.2 Å². The lowest BCUT2D eigenvalue weighted by Crippen LogP contribution is -2.46. The fourth-order valence-corrected chi connectivity index (χ4v) is 3.13. The summed E-state index contributed by atoms with van der Waals surface area (Å²) in [6.07, 6.45) is 2.21. The molecule has 1 fully saturated rings. The lowest BCUT2D eigenvalue weighted by molar-refractivity contribution is -0.152. The fraction of sp³-hybridized carbons (Fsp3) is 0.733. The van der Waals surface area contributed by atoms with Crippen LogP contribution in [-0.4, -0.2) is 41.5 Å². The van der Waals surface area contributed by atoms with E-state index >= 15 is 0 Å². The summed E-state index contributed by atoms with van der Waals surface area (Å²) in [6, 6.07) is 0. The van der Waals surface area contributed by atoms with Gasteiger partial charge in [-0.15, -0.1) is 0 Å². The number of ether oxygens (including phenoxy) is 2. The van der Waals surface area contributed by atoms with Gasteiger partial charge in [0.25, 0.3) is 0 Å². The fourth-order valence-electron chi connectivity index (χ4n) is 2.80. The number of carbonyl (C=O) groups is 1. The van der Waals surface area contributed by atoms with Crippen LogP contribution >= 0.6 is 11.6 Å². The normalized spacial score (nSPS) is 17.9. The first-order valence-electron chi connectivity index (χ1n) is 7.48. The number of hydrogen-bond acceptors (Lipinski definition) is 4. The van der Waals surface area contributed by atoms with Gasteiger partial charge in [-0.25, -0.2) is 0 Å². The van der Waals surface area contributed by atoms with E-state index in [0.29, 0.717) is 37.6 Å². The number of rotatable bonds is 6. The Kier molecular flexibility index (Phi) is 5.41. The van der Waals surface area contributed by atoms with Crippen LogP contribution in [0.1, 0.15) is 38.1 Å². The summed E-state index contributed by atoms with van der Waals surface area (Å²) in [6.45, 7) is 5.82. The van der Waals surface area contributed by atoms with Crippen molar-refractivity contribution in [3.05, 3.63) is 16.4 Å². The van der Waals surface area contributed by atoms with Crippen molar-refractivity contribution < 1.29 is 14.3 Å². The molecule has 0 bridgehead atoms. The Hall–Kier alpha value is -0.910. The van der Waals surface area contributed by atoms with Crippen LogP contribution < -0.4 is 0 Å². The monoisotopic (exact) mass is 314 g/mol. The van der Waals surface area contributed by atoms with E-state index in [1.165, 1.54) is 0 Å². The SMILES string of the molecule is CCc1nn(CC)c(CC(=O)C2(OC)CCOCC2)c1Cl. The Morgan fingerprint density at radius 3 is 2.62 bits per heavy atom. The van der Waals surface area contributed by atoms with Gasteiger partial charge in [-0.3, -0.25) is 9.48 Å². The summed E-state index contributed by atoms with van der Waals surface area (Å²) in [5.74, 6) is 0.0625. The molecule has 2 heterocycles. The maximum Gasteiger partial charge on any atom is 0.170 e. The molecule has 0 atom stereocenters. The quantitative estimate of drug-likeness (QED) is 0.809. The summed E-state index contributed by atoms with van der Waals surface area (Å²) in [4.78, 5) is 12.8. The van der Waals surface area contributed by atoms with Gasteiger partial charge in [-0.1, -0.05) is 18.5 Å². The molecule has 21 heavy (non-hydrogen) atoms. The molecule has 0 amide bonds. The molecule has 0 saturated carbocycles. The van der Waals surface area contributed by atoms with Gasteiger partial charge in [-0.2, -0.15) is 5.10 Å². The zero-order valence-corrected chi connectivity index (χ0v) is 13.7. The second-order valence-corrected chi connectivity index (χ2v) is 5.67. The summed E-state index contributed by atoms with van der Waals surface area (Å²) in [5, 5.41) is 5.08. The van der Waals surface area contributed by atoms with Crippen LogP contribution in [0.5, 0.6) is 0 Å². The Bertz CT molecular complexity index is 507. The molecule has 1 aliphatic heterocycles. The molecule has 0 radical (unpaired) electrons. The minimum atomic E-state index is -0.739. The molecule has 1 aliphatic rings. The highest BCUT2D eigenvalue weighted by Gasteiger charge is 2.40. The number of halogens is 1. The first-order valence-corrected chi connectivity index (χ1v) is 7.86. The van der Waals surface area contributed by atoms with Gasteiger partial charge in [0.15, 0.2) is 5.78 Å². The highest BCUT2D eigenvalue weighted by atomic mass is 35.5. The van der Waals surface area contributed by atoms with Crippen LogP contribution in [0.4, 0.5) is 0 Å². The number of nitrogens with zero attached hydrogens (tertiary/aromatic N) is 2. The smallest absolute Gasteiger partial charge is 0.170 e. The first-order chi connectivity index (χ1) is 10.1. The molecule has 0 N–H and O–H groups in total. The van der Waals surface area contributed by atoms with E-state index in [4.69, 9.17) is 21.1 Å². The van der Waals surface area contributed by atoms with E-state index < -0.39 is 5.60 Å². The molecule has 0 aliphatic carbocycles. The lowest BCUT2D eigenvalue weighted by atomic mass is 9.87. The van der Waals surface area contributed by atoms with Crippen molar-refractivity contribution in [1.29, 1.82) is 0 Å². The van der Waals surface area contributed by atoms with Gasteiger partial charge in [0.05, 0.1) is 22.8 Å². The third-order valence-corrected chi connectivity index (χ3v) is 4.66. The minimum Gasteiger partial charge on any atom is -0.381 e. The molecule has 5 nitrogen and oxygen atoms in total. The Labute approximate surface area is 130 Å². The topological polar surface area (TPSA) is 53.4 Å². The Balaban J connectivity index is 2.24. The number of aromatic nitrogens is 2. The van der Waals surface area contributed by atoms with E-state index in [2.05, 4.69) is 5.10 Å². The second-order valence-electron chi connectivity index (χ2n) is 5.29. The molecule has 118 valence electrons. The van der Waals surface area contributed by atoms with Gasteiger partial charge < -0.3 is 9.47 Å². The predicted molar refractivity (Wildman–Crippen MR) is 80.8 cm³/mol. The van der Waals surface area contributed by atoms with Crippen molar-refractivity contribution in [3.8, 4) is 0 Å². The summed E-state index contributed by atoms with van der Waals surface area (Å²) in [7, 11) is 1.60. The molecule has 1 aromatic rings. The number of methoxy groups -OCH3 is 1. The number of carbonyl (C=O) groups excluding carboxylic acids is 1. The summed E-state index contributed by atoms with van der Waals surface area (Å²) >= 11 is 6.38. The average molecular weight is 315 g/mol. The van der Waals surface area contributed by atoms with Gasteiger partial charge in [0.2, 0.25) is 0 Å². The maximum absolute atomic E-state index is 12.8. The van der Waals surface area contributed by atoms with Crippen molar-refractivity contribution in [2.75, 3.05) is 20.3 Å². The maximum atomic E-state index is 12.8. The molecule has 0 spiro atoms. The zero-order valence-electron chi connectivity index (χ0n) is 12.9. The predicted octanol–water partition coefficient (Wildman–Crippen LogP) is 2.43. The Morgan fingerprint density at radius 1 is 1.43 bits per heavy atom. The van der Waals surface area contributed by atoms with Crippen LogP contribution in [-0.2, 0) is 33.7 Å². The Morgan fingerprint density at radius 2 is 2.10 bits per heavy atom. The highest BCUT2D eigenvalue weighted by Crippen LogP contribution is 2.29. The molecular formula is C15H23ClN2O3. The minimum absolute atomic E-state index is 0.0625. The van der Waals surface area contributed by atoms with Crippen molar-refractivity contribution in [2.45, 2.75) is 51.7 Å². The number of ketones is 1. The second kappa shape index (κ2) is 6.90. The van der Waals surface area contributed by atoms with Crippen molar-refractivity contribution in [2.24, 2.45) is 0 Å². The van der Waals surface area contributed by atoms with Gasteiger partial charge in [0.1, 0.15) is 5.60 Å². The molecule has 6 heteroatoms. The van der Waals surface area contributed by atoms with Gasteiger partial charge in [0, 0.05) is 39.7 Å². The van der Waals surface area contributed by atoms with E-state index in [1.807, 2.05) is 18.5 Å². The van der Waals surface area contributed by atoms with Crippen LogP contribution in [0.3, 0.4) is 0 Å². The first kappa shape index (κ1) is 16.5. The van der Waals surface area contributed by atoms with E-state index in [9.17, 15) is 4.79 Å². The van der Waals surface area contributed by atoms with Crippen LogP contribution in [0.25, 0.3) is 0 Å². The summed E-state index contributed by atoms with van der Waals surface area (Å²) < 4.78 is 12.7. The highest BCUT2D eigenvalue weighted by molar-refractivity contribution is 6.32. The largest absolute Gasteiger partial charge is 0.381 e. The number of hydrogen-bond donors (Lipinski definition) is 0. The van der Waals surface area contributed by atoms with Crippen LogP contribution in [0, 0.1) is 0 Å². The molecular weight excluding hydrogens is 292 g/mol. The van der Waals surface area contributed by atoms with Crippen LogP contribution in [0.2, 0.25) is 5.02 Å². The van der Waals surface area contributed by atoms with Gasteiger partial charge >= 0.3 is 0 Å². The molecule has 0 unspecified atom stereocenters. The van der Waals surface area contributed by atoms with Crippen LogP contribution in [0.15, 0.2) is 0 Å². The number of aryl methyl sites for hydroxylation is 2. The average Bonchev–Trinajstić information content (AvgIpc) is 2.83. The van der Waals surface area contributed by atoms with E-state index in [1.54, 1.807) is 7.11 Å². The lowest BCUT2D eigenvalue weighted by Gasteiger charge is -2.34. The molecule has 1 saturated heterocycles. The van der Waals surface area contributed by atoms with Crippen molar-refractivity contribution in [1.82, 2.24) is 9.78 Å². The van der Waals surface area contributed by atoms with E-state index in [0.717, 1.165) is 17.8 Å². The van der Waals surface area contributed by atoms with Crippen molar-refractivity contribution in [3.63, 3.8) is 0 Å².